The number of pyridine rings is 1. The molecule has 0 amide bonds. The van der Waals surface area contributed by atoms with Crippen LogP contribution in [-0.2, 0) is 6.18 Å². The van der Waals surface area contributed by atoms with Gasteiger partial charge in [0.05, 0.1) is 0 Å². The van der Waals surface area contributed by atoms with Gasteiger partial charge >= 0.3 is 6.18 Å². The number of halogens is 3. The van der Waals surface area contributed by atoms with Crippen molar-refractivity contribution in [1.29, 1.82) is 0 Å². The van der Waals surface area contributed by atoms with Crippen molar-refractivity contribution < 1.29 is 13.2 Å². The Hall–Kier alpha value is -1.52. The summed E-state index contributed by atoms with van der Waals surface area (Å²) in [6.07, 6.45) is -1.50. The fraction of sp³-hybridized carbons (Fsp3) is 0.417. The number of hydrogen-bond donors (Lipinski definition) is 0. The largest absolute Gasteiger partial charge is 0.433 e. The molecule has 1 aliphatic rings. The molecule has 1 aromatic rings. The van der Waals surface area contributed by atoms with Crippen molar-refractivity contribution in [2.75, 3.05) is 18.0 Å². The van der Waals surface area contributed by atoms with Crippen LogP contribution in [-0.4, -0.2) is 18.1 Å². The summed E-state index contributed by atoms with van der Waals surface area (Å²) in [7, 11) is 0. The van der Waals surface area contributed by atoms with E-state index >= 15 is 0 Å². The molecule has 1 saturated heterocycles. The summed E-state index contributed by atoms with van der Waals surface area (Å²) in [6, 6.07) is 2.72. The molecular formula is C12H13F3N2. The lowest BCUT2D eigenvalue weighted by molar-refractivity contribution is -0.141. The Morgan fingerprint density at radius 2 is 1.88 bits per heavy atom. The molecule has 0 radical (unpaired) electrons. The van der Waals surface area contributed by atoms with Crippen LogP contribution >= 0.6 is 0 Å². The lowest BCUT2D eigenvalue weighted by Crippen LogP contribution is -2.30. The third-order valence-electron chi connectivity index (χ3n) is 2.87. The molecule has 2 heterocycles. The van der Waals surface area contributed by atoms with Gasteiger partial charge in [-0.05, 0) is 25.0 Å². The zero-order valence-corrected chi connectivity index (χ0v) is 9.30. The van der Waals surface area contributed by atoms with E-state index in [1.54, 1.807) is 6.07 Å². The number of hydrogen-bond acceptors (Lipinski definition) is 2. The van der Waals surface area contributed by atoms with Crippen LogP contribution < -0.4 is 4.90 Å². The third-order valence-corrected chi connectivity index (χ3v) is 2.87. The number of rotatable bonds is 1. The molecule has 0 saturated carbocycles. The topological polar surface area (TPSA) is 16.1 Å². The number of nitrogens with zero attached hydrogens (tertiary/aromatic N) is 2. The summed E-state index contributed by atoms with van der Waals surface area (Å²) < 4.78 is 37.5. The highest BCUT2D eigenvalue weighted by atomic mass is 19.4. The maximum absolute atomic E-state index is 12.5. The first-order valence-corrected chi connectivity index (χ1v) is 5.41. The summed E-state index contributed by atoms with van der Waals surface area (Å²) in [5.41, 5.74) is 0.908. The Morgan fingerprint density at radius 3 is 2.47 bits per heavy atom. The smallest absolute Gasteiger partial charge is 0.371 e. The Kier molecular flexibility index (Phi) is 3.09. The average Bonchev–Trinajstić information content (AvgIpc) is 2.29. The van der Waals surface area contributed by atoms with Gasteiger partial charge < -0.3 is 4.90 Å². The average molecular weight is 242 g/mol. The van der Waals surface area contributed by atoms with Crippen molar-refractivity contribution in [3.63, 3.8) is 0 Å². The first kappa shape index (κ1) is 12.0. The molecule has 5 heteroatoms. The van der Waals surface area contributed by atoms with Crippen molar-refractivity contribution in [2.45, 2.75) is 19.0 Å². The minimum atomic E-state index is -4.38. The first-order valence-electron chi connectivity index (χ1n) is 5.41. The van der Waals surface area contributed by atoms with Crippen molar-refractivity contribution >= 4 is 5.69 Å². The molecule has 1 fully saturated rings. The normalized spacial score (nSPS) is 17.4. The van der Waals surface area contributed by atoms with Crippen molar-refractivity contribution in [3.05, 3.63) is 36.2 Å². The molecule has 2 rings (SSSR count). The van der Waals surface area contributed by atoms with E-state index in [4.69, 9.17) is 0 Å². The second kappa shape index (κ2) is 4.39. The van der Waals surface area contributed by atoms with Crippen LogP contribution in [0.15, 0.2) is 30.5 Å². The molecule has 0 aliphatic carbocycles. The van der Waals surface area contributed by atoms with Crippen molar-refractivity contribution in [1.82, 2.24) is 4.98 Å². The van der Waals surface area contributed by atoms with Gasteiger partial charge in [0.25, 0.3) is 0 Å². The Labute approximate surface area is 97.8 Å². The van der Waals surface area contributed by atoms with Crippen LogP contribution in [0.5, 0.6) is 0 Å². The predicted molar refractivity (Wildman–Crippen MR) is 59.8 cm³/mol. The highest BCUT2D eigenvalue weighted by molar-refractivity contribution is 5.48. The maximum atomic E-state index is 12.5. The van der Waals surface area contributed by atoms with E-state index in [2.05, 4.69) is 11.6 Å². The van der Waals surface area contributed by atoms with Crippen LogP contribution in [0.25, 0.3) is 0 Å². The van der Waals surface area contributed by atoms with Gasteiger partial charge in [-0.2, -0.15) is 13.2 Å². The summed E-state index contributed by atoms with van der Waals surface area (Å²) in [6.45, 7) is 5.32. The summed E-state index contributed by atoms with van der Waals surface area (Å²) in [5.74, 6) is 0. The van der Waals surface area contributed by atoms with Gasteiger partial charge in [-0.3, -0.25) is 4.98 Å². The number of alkyl halides is 3. The quantitative estimate of drug-likeness (QED) is 0.703. The van der Waals surface area contributed by atoms with E-state index in [0.717, 1.165) is 37.6 Å². The number of piperidine rings is 1. The summed E-state index contributed by atoms with van der Waals surface area (Å²) in [5, 5.41) is 0. The minimum Gasteiger partial charge on any atom is -0.371 e. The fourth-order valence-electron chi connectivity index (χ4n) is 1.85. The Morgan fingerprint density at radius 1 is 1.24 bits per heavy atom. The van der Waals surface area contributed by atoms with Gasteiger partial charge in [0, 0.05) is 25.0 Å². The maximum Gasteiger partial charge on any atom is 0.433 e. The van der Waals surface area contributed by atoms with E-state index in [1.165, 1.54) is 6.20 Å². The first-order chi connectivity index (χ1) is 7.97. The second-order valence-corrected chi connectivity index (χ2v) is 4.13. The van der Waals surface area contributed by atoms with Crippen LogP contribution in [0.2, 0.25) is 0 Å². The van der Waals surface area contributed by atoms with Crippen LogP contribution in [0.1, 0.15) is 18.5 Å². The molecule has 0 spiro atoms. The summed E-state index contributed by atoms with van der Waals surface area (Å²) in [4.78, 5) is 5.29. The van der Waals surface area contributed by atoms with E-state index in [9.17, 15) is 13.2 Å². The molecule has 17 heavy (non-hydrogen) atoms. The fourth-order valence-corrected chi connectivity index (χ4v) is 1.85. The van der Waals surface area contributed by atoms with Crippen LogP contribution in [0.4, 0.5) is 18.9 Å². The zero-order chi connectivity index (χ0) is 12.5. The van der Waals surface area contributed by atoms with E-state index in [-0.39, 0.29) is 0 Å². The van der Waals surface area contributed by atoms with Crippen LogP contribution in [0, 0.1) is 0 Å². The molecule has 1 aromatic heterocycles. The van der Waals surface area contributed by atoms with E-state index in [0.29, 0.717) is 5.69 Å². The SMILES string of the molecule is C=C1CCN(c2ccnc(C(F)(F)F)c2)CC1. The zero-order valence-electron chi connectivity index (χ0n) is 9.30. The van der Waals surface area contributed by atoms with Crippen molar-refractivity contribution in [2.24, 2.45) is 0 Å². The Bertz CT molecular complexity index is 416. The van der Waals surface area contributed by atoms with Crippen LogP contribution in [0.3, 0.4) is 0 Å². The molecule has 1 aliphatic heterocycles. The number of anilines is 1. The molecule has 0 unspecified atom stereocenters. The Balaban J connectivity index is 2.19. The molecule has 0 N–H and O–H groups in total. The highest BCUT2D eigenvalue weighted by Crippen LogP contribution is 2.30. The van der Waals surface area contributed by atoms with Gasteiger partial charge in [-0.15, -0.1) is 0 Å². The highest BCUT2D eigenvalue weighted by Gasteiger charge is 2.32. The molecular weight excluding hydrogens is 229 g/mol. The monoisotopic (exact) mass is 242 g/mol. The van der Waals surface area contributed by atoms with Gasteiger partial charge in [-0.25, -0.2) is 0 Å². The summed E-state index contributed by atoms with van der Waals surface area (Å²) >= 11 is 0. The van der Waals surface area contributed by atoms with Gasteiger partial charge in [0.15, 0.2) is 0 Å². The predicted octanol–water partition coefficient (Wildman–Crippen LogP) is 3.26. The lowest BCUT2D eigenvalue weighted by Gasteiger charge is -2.30. The minimum absolute atomic E-state index is 0.583. The van der Waals surface area contributed by atoms with E-state index in [1.807, 2.05) is 4.90 Å². The second-order valence-electron chi connectivity index (χ2n) is 4.13. The molecule has 0 aromatic carbocycles. The molecule has 0 bridgehead atoms. The molecule has 0 atom stereocenters. The lowest BCUT2D eigenvalue weighted by atomic mass is 10.1. The van der Waals surface area contributed by atoms with Crippen molar-refractivity contribution in [3.8, 4) is 0 Å². The third kappa shape index (κ3) is 2.78. The standard InChI is InChI=1S/C12H13F3N2/c1-9-3-6-17(7-4-9)10-2-5-16-11(8-10)12(13,14)15/h2,5,8H,1,3-4,6-7H2. The molecule has 92 valence electrons. The van der Waals surface area contributed by atoms with Gasteiger partial charge in [-0.1, -0.05) is 12.2 Å². The van der Waals surface area contributed by atoms with E-state index < -0.39 is 11.9 Å². The molecule has 2 nitrogen and oxygen atoms in total. The van der Waals surface area contributed by atoms with Gasteiger partial charge in [0.2, 0.25) is 0 Å². The number of aromatic nitrogens is 1. The van der Waals surface area contributed by atoms with Gasteiger partial charge in [0.1, 0.15) is 5.69 Å².